The van der Waals surface area contributed by atoms with E-state index < -0.39 is 5.97 Å². The third kappa shape index (κ3) is 3.16. The highest BCUT2D eigenvalue weighted by atomic mass is 35.5. The van der Waals surface area contributed by atoms with Gasteiger partial charge < -0.3 is 13.9 Å². The molecule has 2 aromatic heterocycles. The van der Waals surface area contributed by atoms with E-state index in [0.29, 0.717) is 26.1 Å². The minimum absolute atomic E-state index is 0.0789. The summed E-state index contributed by atoms with van der Waals surface area (Å²) in [7, 11) is 1.56. The van der Waals surface area contributed by atoms with E-state index in [4.69, 9.17) is 25.5 Å². The Morgan fingerprint density at radius 1 is 1.25 bits per heavy atom. The Morgan fingerprint density at radius 3 is 2.71 bits per heavy atom. The van der Waals surface area contributed by atoms with Crippen molar-refractivity contribution in [3.63, 3.8) is 0 Å². The Kier molecular flexibility index (Phi) is 4.59. The molecule has 0 N–H and O–H groups in total. The summed E-state index contributed by atoms with van der Waals surface area (Å²) in [5.41, 5.74) is 1.19. The first-order valence-electron chi connectivity index (χ1n) is 7.02. The highest BCUT2D eigenvalue weighted by molar-refractivity contribution is 7.18. The Balaban J connectivity index is 1.76. The van der Waals surface area contributed by atoms with Crippen molar-refractivity contribution in [1.29, 1.82) is 0 Å². The van der Waals surface area contributed by atoms with E-state index >= 15 is 0 Å². The fourth-order valence-electron chi connectivity index (χ4n) is 2.25. The lowest BCUT2D eigenvalue weighted by Gasteiger charge is -2.01. The molecule has 3 aromatic rings. The Labute approximate surface area is 146 Å². The number of esters is 1. The standard InChI is InChI=1S/C17H13ClO5S/c1-9-11-7-10(21-2)3-4-13(11)23-16(9)17(20)22-8-12(19)14-5-6-15(18)24-14/h3-7H,8H2,1-2H3. The maximum absolute atomic E-state index is 12.2. The zero-order valence-electron chi connectivity index (χ0n) is 12.9. The maximum atomic E-state index is 12.2. The van der Waals surface area contributed by atoms with Crippen molar-refractivity contribution in [2.75, 3.05) is 13.7 Å². The minimum atomic E-state index is -0.682. The number of methoxy groups -OCH3 is 1. The zero-order chi connectivity index (χ0) is 17.3. The number of carbonyl (C=O) groups excluding carboxylic acids is 2. The van der Waals surface area contributed by atoms with Crippen molar-refractivity contribution >= 4 is 45.7 Å². The average Bonchev–Trinajstić information content (AvgIpc) is 3.16. The quantitative estimate of drug-likeness (QED) is 0.492. The van der Waals surface area contributed by atoms with E-state index in [-0.39, 0.29) is 18.2 Å². The van der Waals surface area contributed by atoms with Crippen LogP contribution in [0.15, 0.2) is 34.7 Å². The number of halogens is 1. The van der Waals surface area contributed by atoms with E-state index in [9.17, 15) is 9.59 Å². The van der Waals surface area contributed by atoms with Gasteiger partial charge in [-0.3, -0.25) is 4.79 Å². The van der Waals surface area contributed by atoms with Gasteiger partial charge in [0.05, 0.1) is 16.3 Å². The highest BCUT2D eigenvalue weighted by Gasteiger charge is 2.21. The second-order valence-corrected chi connectivity index (χ2v) is 6.74. The number of rotatable bonds is 5. The number of ether oxygens (including phenoxy) is 2. The van der Waals surface area contributed by atoms with Gasteiger partial charge in [-0.2, -0.15) is 0 Å². The first kappa shape index (κ1) is 16.5. The smallest absolute Gasteiger partial charge is 0.375 e. The number of Topliss-reactive ketones (excluding diaryl/α,β-unsaturated/α-hetero) is 1. The first-order chi connectivity index (χ1) is 11.5. The minimum Gasteiger partial charge on any atom is -0.497 e. The fraction of sp³-hybridized carbons (Fsp3) is 0.176. The van der Waals surface area contributed by atoms with Crippen molar-refractivity contribution in [1.82, 2.24) is 0 Å². The monoisotopic (exact) mass is 364 g/mol. The molecule has 24 heavy (non-hydrogen) atoms. The molecule has 0 radical (unpaired) electrons. The Bertz CT molecular complexity index is 924. The van der Waals surface area contributed by atoms with Crippen LogP contribution in [0.1, 0.15) is 25.8 Å². The van der Waals surface area contributed by atoms with E-state index in [0.717, 1.165) is 16.7 Å². The normalized spacial score (nSPS) is 10.8. The SMILES string of the molecule is COc1ccc2oc(C(=O)OCC(=O)c3ccc(Cl)s3)c(C)c2c1. The second kappa shape index (κ2) is 6.67. The summed E-state index contributed by atoms with van der Waals surface area (Å²) in [5.74, 6) is -0.249. The van der Waals surface area contributed by atoms with Crippen LogP contribution in [-0.4, -0.2) is 25.5 Å². The van der Waals surface area contributed by atoms with E-state index in [1.807, 2.05) is 0 Å². The summed E-state index contributed by atoms with van der Waals surface area (Å²) < 4.78 is 16.3. The molecular weight excluding hydrogens is 352 g/mol. The molecule has 0 spiro atoms. The highest BCUT2D eigenvalue weighted by Crippen LogP contribution is 2.29. The molecule has 0 bridgehead atoms. The number of aryl methyl sites for hydroxylation is 1. The molecule has 0 unspecified atom stereocenters. The van der Waals surface area contributed by atoms with Gasteiger partial charge in [0.25, 0.3) is 0 Å². The summed E-state index contributed by atoms with van der Waals surface area (Å²) >= 11 is 6.93. The lowest BCUT2D eigenvalue weighted by Crippen LogP contribution is -2.13. The predicted octanol–water partition coefficient (Wildman–Crippen LogP) is 4.50. The second-order valence-electron chi connectivity index (χ2n) is 5.02. The molecule has 0 atom stereocenters. The number of benzene rings is 1. The molecule has 0 amide bonds. The van der Waals surface area contributed by atoms with Gasteiger partial charge >= 0.3 is 5.97 Å². The van der Waals surface area contributed by atoms with Crippen LogP contribution >= 0.6 is 22.9 Å². The number of furan rings is 1. The molecule has 0 aliphatic carbocycles. The largest absolute Gasteiger partial charge is 0.497 e. The Hall–Kier alpha value is -2.31. The van der Waals surface area contributed by atoms with Gasteiger partial charge in [-0.05, 0) is 37.3 Å². The van der Waals surface area contributed by atoms with Gasteiger partial charge in [0.1, 0.15) is 11.3 Å². The van der Waals surface area contributed by atoms with Gasteiger partial charge in [-0.25, -0.2) is 4.79 Å². The molecule has 124 valence electrons. The van der Waals surface area contributed by atoms with Crippen LogP contribution in [0.2, 0.25) is 4.34 Å². The molecule has 0 saturated carbocycles. The van der Waals surface area contributed by atoms with Crippen molar-refractivity contribution < 1.29 is 23.5 Å². The van der Waals surface area contributed by atoms with Crippen LogP contribution in [-0.2, 0) is 4.74 Å². The molecule has 7 heteroatoms. The summed E-state index contributed by atoms with van der Waals surface area (Å²) in [5, 5.41) is 0.762. The average molecular weight is 365 g/mol. The van der Waals surface area contributed by atoms with Crippen molar-refractivity contribution in [2.45, 2.75) is 6.92 Å². The molecule has 3 rings (SSSR count). The van der Waals surface area contributed by atoms with Gasteiger partial charge in [0.15, 0.2) is 6.61 Å². The molecule has 0 saturated heterocycles. The third-order valence-corrected chi connectivity index (χ3v) is 4.78. The van der Waals surface area contributed by atoms with Gasteiger partial charge in [0.2, 0.25) is 11.5 Å². The molecule has 2 heterocycles. The maximum Gasteiger partial charge on any atom is 0.375 e. The van der Waals surface area contributed by atoms with E-state index in [1.165, 1.54) is 0 Å². The number of fused-ring (bicyclic) bond motifs is 1. The lowest BCUT2D eigenvalue weighted by atomic mass is 10.1. The number of carbonyl (C=O) groups is 2. The number of thiophene rings is 1. The topological polar surface area (TPSA) is 65.7 Å². The van der Waals surface area contributed by atoms with Crippen LogP contribution in [0.3, 0.4) is 0 Å². The summed E-state index contributed by atoms with van der Waals surface area (Å²) in [6, 6.07) is 8.46. The van der Waals surface area contributed by atoms with Crippen LogP contribution in [0, 0.1) is 6.92 Å². The van der Waals surface area contributed by atoms with Gasteiger partial charge in [-0.15, -0.1) is 11.3 Å². The molecular formula is C17H13ClO5S. The van der Waals surface area contributed by atoms with Crippen molar-refractivity contribution in [2.24, 2.45) is 0 Å². The number of ketones is 1. The van der Waals surface area contributed by atoms with Crippen LogP contribution in [0.4, 0.5) is 0 Å². The predicted molar refractivity (Wildman–Crippen MR) is 91.4 cm³/mol. The Morgan fingerprint density at radius 2 is 2.04 bits per heavy atom. The van der Waals surface area contributed by atoms with Crippen molar-refractivity contribution in [3.05, 3.63) is 50.9 Å². The van der Waals surface area contributed by atoms with Crippen molar-refractivity contribution in [3.8, 4) is 5.75 Å². The number of hydrogen-bond donors (Lipinski definition) is 0. The zero-order valence-corrected chi connectivity index (χ0v) is 14.5. The summed E-state index contributed by atoms with van der Waals surface area (Å²) in [6.45, 7) is 1.39. The van der Waals surface area contributed by atoms with Crippen LogP contribution in [0.5, 0.6) is 5.75 Å². The van der Waals surface area contributed by atoms with Gasteiger partial charge in [-0.1, -0.05) is 11.6 Å². The van der Waals surface area contributed by atoms with Gasteiger partial charge in [0, 0.05) is 10.9 Å². The summed E-state index contributed by atoms with van der Waals surface area (Å²) in [6.07, 6.45) is 0. The lowest BCUT2D eigenvalue weighted by molar-refractivity contribution is 0.0446. The molecule has 5 nitrogen and oxygen atoms in total. The molecule has 0 fully saturated rings. The third-order valence-electron chi connectivity index (χ3n) is 3.51. The first-order valence-corrected chi connectivity index (χ1v) is 8.22. The van der Waals surface area contributed by atoms with E-state index in [1.54, 1.807) is 44.4 Å². The summed E-state index contributed by atoms with van der Waals surface area (Å²) in [4.78, 5) is 24.6. The molecule has 0 aliphatic rings. The van der Waals surface area contributed by atoms with Crippen LogP contribution in [0.25, 0.3) is 11.0 Å². The number of hydrogen-bond acceptors (Lipinski definition) is 6. The fourth-order valence-corrected chi connectivity index (χ4v) is 3.22. The van der Waals surface area contributed by atoms with Crippen LogP contribution < -0.4 is 4.74 Å². The molecule has 0 aliphatic heterocycles. The molecule has 1 aromatic carbocycles. The van der Waals surface area contributed by atoms with E-state index in [2.05, 4.69) is 0 Å².